The quantitative estimate of drug-likeness (QED) is 0.893. The van der Waals surface area contributed by atoms with Crippen LogP contribution in [0, 0.1) is 0 Å². The van der Waals surface area contributed by atoms with Crippen LogP contribution in [0.2, 0.25) is 0 Å². The van der Waals surface area contributed by atoms with Gasteiger partial charge in [0.2, 0.25) is 0 Å². The Morgan fingerprint density at radius 2 is 1.67 bits per heavy atom. The Bertz CT molecular complexity index is 575. The van der Waals surface area contributed by atoms with Crippen molar-refractivity contribution in [3.63, 3.8) is 0 Å². The lowest BCUT2D eigenvalue weighted by molar-refractivity contribution is -0.140. The Labute approximate surface area is 104 Å². The molecule has 0 bridgehead atoms. The van der Waals surface area contributed by atoms with E-state index < -0.39 is 11.4 Å². The van der Waals surface area contributed by atoms with Gasteiger partial charge in [-0.2, -0.15) is 0 Å². The van der Waals surface area contributed by atoms with Gasteiger partial charge >= 0.3 is 5.97 Å². The molecule has 1 fully saturated rings. The highest BCUT2D eigenvalue weighted by molar-refractivity contribution is 5.85. The number of aromatic nitrogens is 2. The SMILES string of the molecule is O=C(O)C1(c2ccc(-c3cncnc3)cc2)CC1. The van der Waals surface area contributed by atoms with E-state index in [9.17, 15) is 9.90 Å². The van der Waals surface area contributed by atoms with Crippen molar-refractivity contribution < 1.29 is 9.90 Å². The zero-order valence-electron chi connectivity index (χ0n) is 9.71. The van der Waals surface area contributed by atoms with Gasteiger partial charge in [0.05, 0.1) is 5.41 Å². The van der Waals surface area contributed by atoms with Crippen LogP contribution in [0.15, 0.2) is 43.0 Å². The summed E-state index contributed by atoms with van der Waals surface area (Å²) in [6.07, 6.45) is 6.44. The van der Waals surface area contributed by atoms with Crippen molar-refractivity contribution >= 4 is 5.97 Å². The molecule has 0 radical (unpaired) electrons. The van der Waals surface area contributed by atoms with Crippen LogP contribution in [0.25, 0.3) is 11.1 Å². The fourth-order valence-corrected chi connectivity index (χ4v) is 2.18. The van der Waals surface area contributed by atoms with Crippen LogP contribution < -0.4 is 0 Å². The van der Waals surface area contributed by atoms with E-state index in [0.717, 1.165) is 29.5 Å². The summed E-state index contributed by atoms with van der Waals surface area (Å²) >= 11 is 0. The molecular formula is C14H12N2O2. The highest BCUT2D eigenvalue weighted by Gasteiger charge is 2.51. The third kappa shape index (κ3) is 1.66. The van der Waals surface area contributed by atoms with E-state index in [1.165, 1.54) is 6.33 Å². The molecule has 1 aromatic heterocycles. The number of carbonyl (C=O) groups is 1. The Kier molecular flexibility index (Phi) is 2.37. The van der Waals surface area contributed by atoms with E-state index in [1.54, 1.807) is 12.4 Å². The van der Waals surface area contributed by atoms with Crippen molar-refractivity contribution in [1.82, 2.24) is 9.97 Å². The minimum Gasteiger partial charge on any atom is -0.481 e. The van der Waals surface area contributed by atoms with Crippen LogP contribution in [-0.4, -0.2) is 21.0 Å². The van der Waals surface area contributed by atoms with Gasteiger partial charge in [0.25, 0.3) is 0 Å². The average Bonchev–Trinajstić information content (AvgIpc) is 3.22. The smallest absolute Gasteiger partial charge is 0.314 e. The first-order chi connectivity index (χ1) is 8.72. The fourth-order valence-electron chi connectivity index (χ4n) is 2.18. The number of hydrogen-bond donors (Lipinski definition) is 1. The van der Waals surface area contributed by atoms with Gasteiger partial charge in [-0.05, 0) is 24.0 Å². The second kappa shape index (κ2) is 3.91. The van der Waals surface area contributed by atoms with E-state index >= 15 is 0 Å². The number of nitrogens with zero attached hydrogens (tertiary/aromatic N) is 2. The maximum atomic E-state index is 11.2. The van der Waals surface area contributed by atoms with Crippen LogP contribution in [0.4, 0.5) is 0 Å². The maximum absolute atomic E-state index is 11.2. The van der Waals surface area contributed by atoms with E-state index in [1.807, 2.05) is 24.3 Å². The summed E-state index contributed by atoms with van der Waals surface area (Å²) in [6.45, 7) is 0. The molecule has 18 heavy (non-hydrogen) atoms. The standard InChI is InChI=1S/C14H12N2O2/c17-13(18)14(5-6-14)12-3-1-10(2-4-12)11-7-15-9-16-8-11/h1-4,7-9H,5-6H2,(H,17,18). The lowest BCUT2D eigenvalue weighted by atomic mass is 9.94. The van der Waals surface area contributed by atoms with Crippen LogP contribution in [0.3, 0.4) is 0 Å². The highest BCUT2D eigenvalue weighted by Crippen LogP contribution is 2.48. The van der Waals surface area contributed by atoms with Crippen molar-refractivity contribution in [2.45, 2.75) is 18.3 Å². The molecule has 1 N–H and O–H groups in total. The summed E-state index contributed by atoms with van der Waals surface area (Å²) in [5, 5.41) is 9.22. The number of carboxylic acids is 1. The average molecular weight is 240 g/mol. The minimum absolute atomic E-state index is 0.633. The molecule has 0 aliphatic heterocycles. The summed E-state index contributed by atoms with van der Waals surface area (Å²) in [7, 11) is 0. The first-order valence-corrected chi connectivity index (χ1v) is 5.82. The molecule has 2 aromatic rings. The summed E-state index contributed by atoms with van der Waals surface area (Å²) in [5.41, 5.74) is 2.19. The van der Waals surface area contributed by atoms with Gasteiger partial charge in [0, 0.05) is 18.0 Å². The zero-order valence-corrected chi connectivity index (χ0v) is 9.71. The lowest BCUT2D eigenvalue weighted by Crippen LogP contribution is -2.19. The summed E-state index contributed by atoms with van der Waals surface area (Å²) in [5.74, 6) is -0.724. The van der Waals surface area contributed by atoms with E-state index in [2.05, 4.69) is 9.97 Å². The van der Waals surface area contributed by atoms with Crippen molar-refractivity contribution in [2.75, 3.05) is 0 Å². The van der Waals surface area contributed by atoms with Crippen molar-refractivity contribution in [2.24, 2.45) is 0 Å². The van der Waals surface area contributed by atoms with Gasteiger partial charge in [0.1, 0.15) is 6.33 Å². The Morgan fingerprint density at radius 1 is 1.06 bits per heavy atom. The molecular weight excluding hydrogens is 228 g/mol. The molecule has 1 aromatic carbocycles. The number of rotatable bonds is 3. The third-order valence-corrected chi connectivity index (χ3v) is 3.49. The number of aliphatic carboxylic acids is 1. The van der Waals surface area contributed by atoms with Crippen LogP contribution in [0.1, 0.15) is 18.4 Å². The Morgan fingerprint density at radius 3 is 2.17 bits per heavy atom. The van der Waals surface area contributed by atoms with Crippen molar-refractivity contribution in [3.8, 4) is 11.1 Å². The Hall–Kier alpha value is -2.23. The highest BCUT2D eigenvalue weighted by atomic mass is 16.4. The second-order valence-electron chi connectivity index (χ2n) is 4.59. The van der Waals surface area contributed by atoms with E-state index in [-0.39, 0.29) is 0 Å². The molecule has 0 unspecified atom stereocenters. The first kappa shape index (κ1) is 10.9. The fraction of sp³-hybridized carbons (Fsp3) is 0.214. The van der Waals surface area contributed by atoms with Gasteiger partial charge in [-0.3, -0.25) is 4.79 Å². The lowest BCUT2D eigenvalue weighted by Gasteiger charge is -2.10. The molecule has 1 aliphatic carbocycles. The third-order valence-electron chi connectivity index (χ3n) is 3.49. The maximum Gasteiger partial charge on any atom is 0.314 e. The normalized spacial score (nSPS) is 16.2. The van der Waals surface area contributed by atoms with Crippen LogP contribution in [0.5, 0.6) is 0 Å². The van der Waals surface area contributed by atoms with E-state index in [4.69, 9.17) is 0 Å². The molecule has 0 spiro atoms. The minimum atomic E-state index is -0.724. The first-order valence-electron chi connectivity index (χ1n) is 5.82. The zero-order chi connectivity index (χ0) is 12.6. The number of benzene rings is 1. The summed E-state index contributed by atoms with van der Waals surface area (Å²) in [4.78, 5) is 19.2. The summed E-state index contributed by atoms with van der Waals surface area (Å²) < 4.78 is 0. The van der Waals surface area contributed by atoms with Crippen molar-refractivity contribution in [3.05, 3.63) is 48.5 Å². The topological polar surface area (TPSA) is 63.1 Å². The van der Waals surface area contributed by atoms with Crippen LogP contribution in [-0.2, 0) is 10.2 Å². The van der Waals surface area contributed by atoms with Gasteiger partial charge in [-0.15, -0.1) is 0 Å². The molecule has 1 aliphatic rings. The number of carboxylic acid groups (broad SMARTS) is 1. The monoisotopic (exact) mass is 240 g/mol. The molecule has 1 heterocycles. The van der Waals surface area contributed by atoms with Crippen molar-refractivity contribution in [1.29, 1.82) is 0 Å². The molecule has 90 valence electrons. The molecule has 0 amide bonds. The molecule has 4 heteroatoms. The second-order valence-corrected chi connectivity index (χ2v) is 4.59. The molecule has 0 atom stereocenters. The molecule has 4 nitrogen and oxygen atoms in total. The molecule has 0 saturated heterocycles. The van der Waals surface area contributed by atoms with Gasteiger partial charge < -0.3 is 5.11 Å². The van der Waals surface area contributed by atoms with Gasteiger partial charge in [-0.25, -0.2) is 9.97 Å². The predicted octanol–water partition coefficient (Wildman–Crippen LogP) is 2.26. The van der Waals surface area contributed by atoms with Gasteiger partial charge in [0.15, 0.2) is 0 Å². The predicted molar refractivity (Wildman–Crippen MR) is 66.0 cm³/mol. The van der Waals surface area contributed by atoms with Gasteiger partial charge in [-0.1, -0.05) is 24.3 Å². The Balaban J connectivity index is 1.93. The summed E-state index contributed by atoms with van der Waals surface area (Å²) in [6, 6.07) is 7.64. The number of hydrogen-bond acceptors (Lipinski definition) is 3. The molecule has 3 rings (SSSR count). The van der Waals surface area contributed by atoms with Crippen LogP contribution >= 0.6 is 0 Å². The largest absolute Gasteiger partial charge is 0.481 e. The molecule has 1 saturated carbocycles. The van der Waals surface area contributed by atoms with E-state index in [0.29, 0.717) is 0 Å².